The van der Waals surface area contributed by atoms with Crippen LogP contribution in [0.4, 0.5) is 0 Å². The van der Waals surface area contributed by atoms with Gasteiger partial charge in [-0.1, -0.05) is 54.1 Å². The Morgan fingerprint density at radius 1 is 1.15 bits per heavy atom. The van der Waals surface area contributed by atoms with Crippen molar-refractivity contribution in [2.24, 2.45) is 5.92 Å². The lowest BCUT2D eigenvalue weighted by Crippen LogP contribution is -2.19. The average molecular weight is 351 g/mol. The molecule has 2 aromatic carbocycles. The Bertz CT molecular complexity index is 599. The highest BCUT2D eigenvalue weighted by Gasteiger charge is 2.44. The van der Waals surface area contributed by atoms with Crippen molar-refractivity contribution in [2.75, 3.05) is 7.05 Å². The van der Waals surface area contributed by atoms with Gasteiger partial charge >= 0.3 is 0 Å². The van der Waals surface area contributed by atoms with Crippen molar-refractivity contribution in [1.29, 1.82) is 0 Å². The molecular formula is C17H17BrClN. The van der Waals surface area contributed by atoms with Crippen molar-refractivity contribution in [3.8, 4) is 0 Å². The molecule has 3 atom stereocenters. The first-order valence-electron chi connectivity index (χ1n) is 6.88. The third-order valence-electron chi connectivity index (χ3n) is 4.12. The zero-order valence-corrected chi connectivity index (χ0v) is 13.7. The van der Waals surface area contributed by atoms with E-state index in [4.69, 9.17) is 11.6 Å². The molecule has 2 aromatic rings. The van der Waals surface area contributed by atoms with Gasteiger partial charge < -0.3 is 5.32 Å². The van der Waals surface area contributed by atoms with Crippen LogP contribution in [0.3, 0.4) is 0 Å². The van der Waals surface area contributed by atoms with E-state index < -0.39 is 0 Å². The van der Waals surface area contributed by atoms with Crippen LogP contribution >= 0.6 is 27.5 Å². The van der Waals surface area contributed by atoms with Crippen LogP contribution in [-0.2, 0) is 0 Å². The first kappa shape index (κ1) is 14.1. The van der Waals surface area contributed by atoms with E-state index >= 15 is 0 Å². The van der Waals surface area contributed by atoms with Crippen LogP contribution in [-0.4, -0.2) is 7.05 Å². The van der Waals surface area contributed by atoms with Gasteiger partial charge in [0, 0.05) is 10.5 Å². The number of rotatable bonds is 4. The fourth-order valence-electron chi connectivity index (χ4n) is 3.03. The van der Waals surface area contributed by atoms with Gasteiger partial charge in [0.15, 0.2) is 0 Å². The van der Waals surface area contributed by atoms with Crippen molar-refractivity contribution in [3.05, 3.63) is 69.2 Å². The SMILES string of the molecule is CNC(c1cccc(Br)c1Cl)C1CC1c1ccccc1. The average Bonchev–Trinajstić information content (AvgIpc) is 3.26. The Morgan fingerprint density at radius 2 is 1.90 bits per heavy atom. The zero-order valence-electron chi connectivity index (χ0n) is 11.3. The van der Waals surface area contributed by atoms with E-state index in [1.165, 1.54) is 17.5 Å². The zero-order chi connectivity index (χ0) is 14.1. The minimum absolute atomic E-state index is 0.310. The van der Waals surface area contributed by atoms with Crippen LogP contribution in [0.15, 0.2) is 53.0 Å². The maximum absolute atomic E-state index is 6.45. The minimum atomic E-state index is 0.310. The summed E-state index contributed by atoms with van der Waals surface area (Å²) < 4.78 is 0.967. The van der Waals surface area contributed by atoms with Gasteiger partial charge in [-0.05, 0) is 58.4 Å². The monoisotopic (exact) mass is 349 g/mol. The van der Waals surface area contributed by atoms with Crippen LogP contribution in [0.1, 0.15) is 29.5 Å². The highest BCUT2D eigenvalue weighted by Crippen LogP contribution is 2.54. The van der Waals surface area contributed by atoms with Crippen LogP contribution < -0.4 is 5.32 Å². The molecule has 3 rings (SSSR count). The fourth-order valence-corrected chi connectivity index (χ4v) is 3.65. The predicted molar refractivity (Wildman–Crippen MR) is 88.2 cm³/mol. The topological polar surface area (TPSA) is 12.0 Å². The predicted octanol–water partition coefficient (Wildman–Crippen LogP) is 5.17. The lowest BCUT2D eigenvalue weighted by atomic mass is 9.99. The van der Waals surface area contributed by atoms with E-state index in [2.05, 4.69) is 63.7 Å². The summed E-state index contributed by atoms with van der Waals surface area (Å²) in [7, 11) is 2.02. The normalized spacial score (nSPS) is 22.6. The molecule has 1 saturated carbocycles. The van der Waals surface area contributed by atoms with Crippen LogP contribution in [0.5, 0.6) is 0 Å². The van der Waals surface area contributed by atoms with Gasteiger partial charge in [-0.25, -0.2) is 0 Å². The summed E-state index contributed by atoms with van der Waals surface area (Å²) in [4.78, 5) is 0. The molecule has 1 aliphatic rings. The molecule has 3 unspecified atom stereocenters. The van der Waals surface area contributed by atoms with Gasteiger partial charge in [-0.15, -0.1) is 0 Å². The fraction of sp³-hybridized carbons (Fsp3) is 0.294. The Kier molecular flexibility index (Phi) is 4.16. The molecule has 1 N–H and O–H groups in total. The molecule has 0 heterocycles. The quantitative estimate of drug-likeness (QED) is 0.802. The van der Waals surface area contributed by atoms with Crippen molar-refractivity contribution >= 4 is 27.5 Å². The van der Waals surface area contributed by atoms with Crippen molar-refractivity contribution in [2.45, 2.75) is 18.4 Å². The number of benzene rings is 2. The Balaban J connectivity index is 1.84. The lowest BCUT2D eigenvalue weighted by Gasteiger charge is -2.19. The van der Waals surface area contributed by atoms with Crippen molar-refractivity contribution in [3.63, 3.8) is 0 Å². The molecule has 1 aliphatic carbocycles. The van der Waals surface area contributed by atoms with Crippen molar-refractivity contribution in [1.82, 2.24) is 5.32 Å². The molecule has 1 fully saturated rings. The number of halogens is 2. The molecular weight excluding hydrogens is 334 g/mol. The van der Waals surface area contributed by atoms with Gasteiger partial charge in [0.25, 0.3) is 0 Å². The van der Waals surface area contributed by atoms with E-state index in [9.17, 15) is 0 Å². The third kappa shape index (κ3) is 2.65. The largest absolute Gasteiger partial charge is 0.313 e. The standard InChI is InChI=1S/C17H17BrClN/c1-20-17(12-8-5-9-15(18)16(12)19)14-10-13(14)11-6-3-2-4-7-11/h2-9,13-14,17,20H,10H2,1H3. The van der Waals surface area contributed by atoms with Gasteiger partial charge in [-0.3, -0.25) is 0 Å². The molecule has 0 spiro atoms. The Morgan fingerprint density at radius 3 is 2.60 bits per heavy atom. The second-order valence-electron chi connectivity index (χ2n) is 5.33. The lowest BCUT2D eigenvalue weighted by molar-refractivity contribution is 0.518. The van der Waals surface area contributed by atoms with Crippen LogP contribution in [0.2, 0.25) is 5.02 Å². The molecule has 0 saturated heterocycles. The highest BCUT2D eigenvalue weighted by atomic mass is 79.9. The molecule has 0 bridgehead atoms. The van der Waals surface area contributed by atoms with E-state index in [0.29, 0.717) is 17.9 Å². The second kappa shape index (κ2) is 5.88. The second-order valence-corrected chi connectivity index (χ2v) is 6.56. The van der Waals surface area contributed by atoms with Gasteiger partial charge in [0.2, 0.25) is 0 Å². The summed E-state index contributed by atoms with van der Waals surface area (Å²) in [5.41, 5.74) is 2.62. The summed E-state index contributed by atoms with van der Waals surface area (Å²) in [6.07, 6.45) is 1.22. The van der Waals surface area contributed by atoms with Gasteiger partial charge in [0.1, 0.15) is 0 Å². The maximum Gasteiger partial charge on any atom is 0.0595 e. The summed E-state index contributed by atoms with van der Waals surface area (Å²) in [5, 5.41) is 4.27. The van der Waals surface area contributed by atoms with Gasteiger partial charge in [0.05, 0.1) is 5.02 Å². The third-order valence-corrected chi connectivity index (χ3v) is 5.43. The Hall–Kier alpha value is -0.830. The van der Waals surface area contributed by atoms with E-state index in [0.717, 1.165) is 9.50 Å². The first-order chi connectivity index (χ1) is 9.72. The first-order valence-corrected chi connectivity index (χ1v) is 8.05. The summed E-state index contributed by atoms with van der Waals surface area (Å²) in [6.45, 7) is 0. The Labute approximate surface area is 133 Å². The van der Waals surface area contributed by atoms with E-state index in [1.807, 2.05) is 13.1 Å². The van der Waals surface area contributed by atoms with Crippen molar-refractivity contribution < 1.29 is 0 Å². The summed E-state index contributed by atoms with van der Waals surface area (Å²) in [5.74, 6) is 1.26. The molecule has 0 radical (unpaired) electrons. The number of nitrogens with one attached hydrogen (secondary N) is 1. The molecule has 104 valence electrons. The minimum Gasteiger partial charge on any atom is -0.313 e. The molecule has 0 aliphatic heterocycles. The van der Waals surface area contributed by atoms with Crippen LogP contribution in [0.25, 0.3) is 0 Å². The van der Waals surface area contributed by atoms with E-state index in [1.54, 1.807) is 0 Å². The highest BCUT2D eigenvalue weighted by molar-refractivity contribution is 9.10. The van der Waals surface area contributed by atoms with E-state index in [-0.39, 0.29) is 0 Å². The smallest absolute Gasteiger partial charge is 0.0595 e. The number of hydrogen-bond acceptors (Lipinski definition) is 1. The number of hydrogen-bond donors (Lipinski definition) is 1. The maximum atomic E-state index is 6.45. The van der Waals surface area contributed by atoms with Crippen LogP contribution in [0, 0.1) is 5.92 Å². The molecule has 20 heavy (non-hydrogen) atoms. The summed E-state index contributed by atoms with van der Waals surface area (Å²) >= 11 is 9.96. The molecule has 0 amide bonds. The molecule has 1 nitrogen and oxygen atoms in total. The molecule has 0 aromatic heterocycles. The van der Waals surface area contributed by atoms with Gasteiger partial charge in [-0.2, -0.15) is 0 Å². The molecule has 3 heteroatoms. The summed E-state index contributed by atoms with van der Waals surface area (Å²) in [6, 6.07) is 17.2.